The molecule has 0 amide bonds. The largest absolute Gasteiger partial charge is 0.456 e. The lowest BCUT2D eigenvalue weighted by atomic mass is 9.82. The lowest BCUT2D eigenvalue weighted by Gasteiger charge is -2.23. The van der Waals surface area contributed by atoms with Gasteiger partial charge in [-0.25, -0.2) is 0 Å². The molecule has 0 aromatic heterocycles. The van der Waals surface area contributed by atoms with E-state index in [1.54, 1.807) is 0 Å². The Morgan fingerprint density at radius 2 is 0.800 bits per heavy atom. The highest BCUT2D eigenvalue weighted by Gasteiger charge is 2.30. The summed E-state index contributed by atoms with van der Waals surface area (Å²) in [7, 11) is 0. The number of fused-ring (bicyclic) bond motifs is 6. The Bertz CT molecular complexity index is 3200. The molecular formula is C54H32O. The van der Waals surface area contributed by atoms with Crippen molar-refractivity contribution in [2.45, 2.75) is 0 Å². The van der Waals surface area contributed by atoms with Crippen LogP contribution < -0.4 is 4.74 Å². The molecule has 10 aromatic carbocycles. The van der Waals surface area contributed by atoms with Gasteiger partial charge in [-0.1, -0.05) is 170 Å². The summed E-state index contributed by atoms with van der Waals surface area (Å²) in [6.07, 6.45) is 0. The van der Waals surface area contributed by atoms with Gasteiger partial charge < -0.3 is 4.74 Å². The average Bonchev–Trinajstić information content (AvgIpc) is 3.58. The molecular weight excluding hydrogens is 665 g/mol. The molecule has 1 nitrogen and oxygen atoms in total. The third-order valence-electron chi connectivity index (χ3n) is 11.8. The predicted molar refractivity (Wildman–Crippen MR) is 231 cm³/mol. The van der Waals surface area contributed by atoms with Crippen molar-refractivity contribution in [3.8, 4) is 89.4 Å². The summed E-state index contributed by atoms with van der Waals surface area (Å²) in [6.45, 7) is 0. The van der Waals surface area contributed by atoms with Gasteiger partial charge in [0.25, 0.3) is 0 Å². The minimum absolute atomic E-state index is 0.888. The molecule has 0 bridgehead atoms. The molecule has 0 N–H and O–H groups in total. The predicted octanol–water partition coefficient (Wildman–Crippen LogP) is 15.2. The smallest absolute Gasteiger partial charge is 0.135 e. The quantitative estimate of drug-likeness (QED) is 0.178. The van der Waals surface area contributed by atoms with Gasteiger partial charge in [0.1, 0.15) is 11.5 Å². The molecule has 254 valence electrons. The van der Waals surface area contributed by atoms with Crippen LogP contribution in [0.15, 0.2) is 194 Å². The van der Waals surface area contributed by atoms with Crippen LogP contribution in [0.3, 0.4) is 0 Å². The van der Waals surface area contributed by atoms with E-state index in [1.165, 1.54) is 93.7 Å². The fourth-order valence-corrected chi connectivity index (χ4v) is 9.47. The first-order valence-corrected chi connectivity index (χ1v) is 19.0. The maximum absolute atomic E-state index is 6.63. The van der Waals surface area contributed by atoms with Crippen molar-refractivity contribution >= 4 is 32.3 Å². The molecule has 0 radical (unpaired) electrons. The van der Waals surface area contributed by atoms with Gasteiger partial charge >= 0.3 is 0 Å². The second-order valence-corrected chi connectivity index (χ2v) is 14.7. The Morgan fingerprint density at radius 3 is 1.55 bits per heavy atom. The van der Waals surface area contributed by atoms with Crippen molar-refractivity contribution in [1.29, 1.82) is 0 Å². The monoisotopic (exact) mass is 696 g/mol. The minimum Gasteiger partial charge on any atom is -0.456 e. The maximum Gasteiger partial charge on any atom is 0.135 e. The second kappa shape index (κ2) is 11.6. The van der Waals surface area contributed by atoms with E-state index < -0.39 is 0 Å². The van der Waals surface area contributed by atoms with Crippen LogP contribution in [0.4, 0.5) is 0 Å². The first-order chi connectivity index (χ1) is 27.3. The highest BCUT2D eigenvalue weighted by atomic mass is 16.5. The summed E-state index contributed by atoms with van der Waals surface area (Å²) >= 11 is 0. The van der Waals surface area contributed by atoms with Crippen molar-refractivity contribution in [1.82, 2.24) is 0 Å². The molecule has 0 saturated heterocycles. The van der Waals surface area contributed by atoms with Crippen LogP contribution in [0.25, 0.3) is 110 Å². The topological polar surface area (TPSA) is 9.23 Å². The molecule has 0 atom stereocenters. The molecule has 12 rings (SSSR count). The number of benzene rings is 10. The van der Waals surface area contributed by atoms with Crippen LogP contribution in [-0.2, 0) is 0 Å². The average molecular weight is 697 g/mol. The Balaban J connectivity index is 1.07. The molecule has 1 heterocycles. The first-order valence-electron chi connectivity index (χ1n) is 19.0. The van der Waals surface area contributed by atoms with Crippen LogP contribution in [0.2, 0.25) is 0 Å². The van der Waals surface area contributed by atoms with Gasteiger partial charge in [0.15, 0.2) is 0 Å². The molecule has 55 heavy (non-hydrogen) atoms. The fourth-order valence-electron chi connectivity index (χ4n) is 9.47. The first kappa shape index (κ1) is 30.3. The van der Waals surface area contributed by atoms with Gasteiger partial charge in [0.2, 0.25) is 0 Å². The Kier molecular flexibility index (Phi) is 6.40. The zero-order valence-electron chi connectivity index (χ0n) is 29.9. The van der Waals surface area contributed by atoms with Gasteiger partial charge in [-0.2, -0.15) is 0 Å². The normalized spacial score (nSPS) is 12.1. The van der Waals surface area contributed by atoms with Crippen molar-refractivity contribution in [3.63, 3.8) is 0 Å². The van der Waals surface area contributed by atoms with E-state index in [4.69, 9.17) is 4.74 Å². The SMILES string of the molecule is c1ccc(-c2c3c(c(-c4cccc(-c5ccc6c(c5)-c5cccc7c(-c8ccccc8)ccc(c57)O6)c4)c4ccccc24)-c2cccc4cccc-3c24)cc1. The summed E-state index contributed by atoms with van der Waals surface area (Å²) in [6, 6.07) is 70.9. The molecule has 1 aliphatic carbocycles. The van der Waals surface area contributed by atoms with E-state index in [-0.39, 0.29) is 0 Å². The van der Waals surface area contributed by atoms with Crippen LogP contribution >= 0.6 is 0 Å². The third kappa shape index (κ3) is 4.41. The molecule has 2 aliphatic rings. The molecule has 0 fully saturated rings. The molecule has 10 aromatic rings. The standard InChI is InChI=1S/C54H32O/c1-3-13-33(14-4-1)39-28-30-48-52-40(39)23-12-24-43(52)46-32-37(27-29-47(46)55-48)36-19-9-20-38(31-36)51-42-22-8-7-21-41(42)50(35-15-5-2-6-16-35)53-44-25-10-17-34-18-11-26-45(49(34)44)54(51)53/h1-32H. The number of ether oxygens (including phenoxy) is 1. The van der Waals surface area contributed by atoms with Crippen LogP contribution in [0.1, 0.15) is 0 Å². The summed E-state index contributed by atoms with van der Waals surface area (Å²) < 4.78 is 6.63. The zero-order valence-corrected chi connectivity index (χ0v) is 29.9. The second-order valence-electron chi connectivity index (χ2n) is 14.7. The van der Waals surface area contributed by atoms with Gasteiger partial charge in [-0.15, -0.1) is 0 Å². The zero-order chi connectivity index (χ0) is 36.0. The van der Waals surface area contributed by atoms with Crippen LogP contribution in [0, 0.1) is 0 Å². The summed E-state index contributed by atoms with van der Waals surface area (Å²) in [5.74, 6) is 1.79. The summed E-state index contributed by atoms with van der Waals surface area (Å²) in [5.41, 5.74) is 17.4. The Hall–Kier alpha value is -7.22. The summed E-state index contributed by atoms with van der Waals surface area (Å²) in [4.78, 5) is 0. The van der Waals surface area contributed by atoms with E-state index in [1.807, 2.05) is 0 Å². The lowest BCUT2D eigenvalue weighted by molar-refractivity contribution is 0.487. The van der Waals surface area contributed by atoms with Gasteiger partial charge in [0, 0.05) is 10.9 Å². The van der Waals surface area contributed by atoms with E-state index >= 15 is 0 Å². The Labute approximate surface area is 319 Å². The lowest BCUT2D eigenvalue weighted by Crippen LogP contribution is -1.98. The van der Waals surface area contributed by atoms with Gasteiger partial charge in [0.05, 0.1) is 0 Å². The highest BCUT2D eigenvalue weighted by Crippen LogP contribution is 2.58. The number of hydrogen-bond acceptors (Lipinski definition) is 1. The van der Waals surface area contributed by atoms with E-state index in [9.17, 15) is 0 Å². The molecule has 0 spiro atoms. The molecule has 1 aliphatic heterocycles. The van der Waals surface area contributed by atoms with E-state index in [0.717, 1.165) is 28.0 Å². The Morgan fingerprint density at radius 1 is 0.255 bits per heavy atom. The van der Waals surface area contributed by atoms with Crippen molar-refractivity contribution < 1.29 is 4.74 Å². The fraction of sp³-hybridized carbons (Fsp3) is 0. The number of hydrogen-bond donors (Lipinski definition) is 0. The minimum atomic E-state index is 0.888. The van der Waals surface area contributed by atoms with Gasteiger partial charge in [-0.05, 0) is 124 Å². The van der Waals surface area contributed by atoms with E-state index in [0.29, 0.717) is 0 Å². The third-order valence-corrected chi connectivity index (χ3v) is 11.8. The molecule has 0 saturated carbocycles. The summed E-state index contributed by atoms with van der Waals surface area (Å²) in [5, 5.41) is 7.51. The molecule has 1 heteroatoms. The van der Waals surface area contributed by atoms with Crippen LogP contribution in [0.5, 0.6) is 11.5 Å². The maximum atomic E-state index is 6.63. The highest BCUT2D eigenvalue weighted by molar-refractivity contribution is 6.27. The molecule has 0 unspecified atom stereocenters. The van der Waals surface area contributed by atoms with Crippen LogP contribution in [-0.4, -0.2) is 0 Å². The van der Waals surface area contributed by atoms with Crippen molar-refractivity contribution in [2.75, 3.05) is 0 Å². The van der Waals surface area contributed by atoms with Gasteiger partial charge in [-0.3, -0.25) is 0 Å². The van der Waals surface area contributed by atoms with Crippen molar-refractivity contribution in [3.05, 3.63) is 194 Å². The number of rotatable bonds is 4. The van der Waals surface area contributed by atoms with Crippen molar-refractivity contribution in [2.24, 2.45) is 0 Å². The van der Waals surface area contributed by atoms with E-state index in [2.05, 4.69) is 194 Å².